The summed E-state index contributed by atoms with van der Waals surface area (Å²) in [5.74, 6) is 0.868. The van der Waals surface area contributed by atoms with Crippen LogP contribution in [0.4, 0.5) is 5.95 Å². The molecule has 0 radical (unpaired) electrons. The summed E-state index contributed by atoms with van der Waals surface area (Å²) in [6, 6.07) is 0. The van der Waals surface area contributed by atoms with E-state index >= 15 is 0 Å². The van der Waals surface area contributed by atoms with E-state index in [-0.39, 0.29) is 0 Å². The summed E-state index contributed by atoms with van der Waals surface area (Å²) < 4.78 is 0. The van der Waals surface area contributed by atoms with Crippen molar-refractivity contribution in [2.24, 2.45) is 0 Å². The van der Waals surface area contributed by atoms with Crippen molar-refractivity contribution in [1.29, 1.82) is 0 Å². The zero-order chi connectivity index (χ0) is 13.1. The van der Waals surface area contributed by atoms with Crippen LogP contribution < -0.4 is 4.90 Å². The standard InChI is InChI=1S/C15H22ClN3/c16-14-12-8-4-3-5-9-13(12)17-15(18-14)19-10-6-1-2-7-11-19/h1-11H2. The van der Waals surface area contributed by atoms with E-state index in [1.165, 1.54) is 56.2 Å². The number of aromatic nitrogens is 2. The van der Waals surface area contributed by atoms with Crippen LogP contribution in [0.1, 0.15) is 56.2 Å². The number of aryl methyl sites for hydroxylation is 1. The molecule has 0 atom stereocenters. The average Bonchev–Trinajstić information content (AvgIpc) is 2.81. The molecule has 0 unspecified atom stereocenters. The highest BCUT2D eigenvalue weighted by Gasteiger charge is 2.19. The smallest absolute Gasteiger partial charge is 0.227 e. The fourth-order valence-electron chi connectivity index (χ4n) is 3.12. The van der Waals surface area contributed by atoms with Gasteiger partial charge in [0.2, 0.25) is 5.95 Å². The molecule has 0 N–H and O–H groups in total. The van der Waals surface area contributed by atoms with Crippen LogP contribution in [0.15, 0.2) is 0 Å². The Hall–Kier alpha value is -0.830. The molecule has 2 aliphatic rings. The van der Waals surface area contributed by atoms with E-state index < -0.39 is 0 Å². The van der Waals surface area contributed by atoms with Gasteiger partial charge in [-0.05, 0) is 38.5 Å². The fraction of sp³-hybridized carbons (Fsp3) is 0.733. The molecular weight excluding hydrogens is 258 g/mol. The highest BCUT2D eigenvalue weighted by atomic mass is 35.5. The topological polar surface area (TPSA) is 29.0 Å². The molecule has 0 spiro atoms. The fourth-order valence-corrected chi connectivity index (χ4v) is 3.40. The maximum Gasteiger partial charge on any atom is 0.227 e. The number of hydrogen-bond acceptors (Lipinski definition) is 3. The zero-order valence-electron chi connectivity index (χ0n) is 11.5. The van der Waals surface area contributed by atoms with Crippen molar-refractivity contribution in [3.63, 3.8) is 0 Å². The minimum atomic E-state index is 0.700. The molecule has 4 heteroatoms. The predicted molar refractivity (Wildman–Crippen MR) is 79.0 cm³/mol. The summed E-state index contributed by atoms with van der Waals surface area (Å²) in [5, 5.41) is 0.700. The summed E-state index contributed by atoms with van der Waals surface area (Å²) in [5.41, 5.74) is 2.41. The lowest BCUT2D eigenvalue weighted by Gasteiger charge is -2.21. The Bertz CT molecular complexity index is 439. The number of nitrogens with zero attached hydrogens (tertiary/aromatic N) is 3. The minimum Gasteiger partial charge on any atom is -0.341 e. The first-order valence-electron chi connectivity index (χ1n) is 7.65. The summed E-state index contributed by atoms with van der Waals surface area (Å²) in [6.45, 7) is 2.16. The van der Waals surface area contributed by atoms with E-state index in [1.54, 1.807) is 0 Å². The molecule has 1 aliphatic heterocycles. The average molecular weight is 280 g/mol. The van der Waals surface area contributed by atoms with Gasteiger partial charge >= 0.3 is 0 Å². The van der Waals surface area contributed by atoms with Gasteiger partial charge in [-0.25, -0.2) is 9.97 Å². The Morgan fingerprint density at radius 1 is 0.789 bits per heavy atom. The van der Waals surface area contributed by atoms with Crippen molar-refractivity contribution >= 4 is 17.5 Å². The van der Waals surface area contributed by atoms with Crippen molar-refractivity contribution < 1.29 is 0 Å². The number of fused-ring (bicyclic) bond motifs is 1. The molecule has 3 nitrogen and oxygen atoms in total. The van der Waals surface area contributed by atoms with Gasteiger partial charge in [-0.1, -0.05) is 30.9 Å². The third-order valence-corrected chi connectivity index (χ3v) is 4.57. The third-order valence-electron chi connectivity index (χ3n) is 4.26. The molecule has 104 valence electrons. The van der Waals surface area contributed by atoms with Gasteiger partial charge in [-0.3, -0.25) is 0 Å². The Labute approximate surface area is 120 Å². The van der Waals surface area contributed by atoms with E-state index in [4.69, 9.17) is 16.6 Å². The maximum atomic E-state index is 6.40. The molecule has 2 heterocycles. The third kappa shape index (κ3) is 3.02. The van der Waals surface area contributed by atoms with Crippen molar-refractivity contribution in [2.75, 3.05) is 18.0 Å². The second-order valence-electron chi connectivity index (χ2n) is 5.70. The van der Waals surface area contributed by atoms with Crippen LogP contribution >= 0.6 is 11.6 Å². The molecule has 0 amide bonds. The lowest BCUT2D eigenvalue weighted by atomic mass is 10.1. The summed E-state index contributed by atoms with van der Waals surface area (Å²) in [6.07, 6.45) is 11.0. The summed E-state index contributed by atoms with van der Waals surface area (Å²) >= 11 is 6.40. The Morgan fingerprint density at radius 2 is 1.47 bits per heavy atom. The van der Waals surface area contributed by atoms with Gasteiger partial charge in [0.1, 0.15) is 5.15 Å². The van der Waals surface area contributed by atoms with Gasteiger partial charge in [-0.15, -0.1) is 0 Å². The molecule has 1 saturated heterocycles. The van der Waals surface area contributed by atoms with Crippen molar-refractivity contribution in [1.82, 2.24) is 9.97 Å². The van der Waals surface area contributed by atoms with E-state index in [2.05, 4.69) is 9.88 Å². The van der Waals surface area contributed by atoms with Gasteiger partial charge in [0, 0.05) is 18.7 Å². The Kier molecular flexibility index (Phi) is 4.21. The largest absolute Gasteiger partial charge is 0.341 e. The Morgan fingerprint density at radius 3 is 2.26 bits per heavy atom. The highest BCUT2D eigenvalue weighted by molar-refractivity contribution is 6.30. The summed E-state index contributed by atoms with van der Waals surface area (Å²) in [7, 11) is 0. The van der Waals surface area contributed by atoms with Crippen molar-refractivity contribution in [3.8, 4) is 0 Å². The number of anilines is 1. The SMILES string of the molecule is Clc1nc(N2CCCCCC2)nc2c1CCCCC2. The van der Waals surface area contributed by atoms with Crippen LogP contribution in [0.3, 0.4) is 0 Å². The Balaban J connectivity index is 1.89. The predicted octanol–water partition coefficient (Wildman–Crippen LogP) is 3.78. The zero-order valence-corrected chi connectivity index (χ0v) is 12.3. The van der Waals surface area contributed by atoms with E-state index in [1.807, 2.05) is 0 Å². The molecule has 1 aromatic heterocycles. The number of halogens is 1. The quantitative estimate of drug-likeness (QED) is 0.579. The molecule has 1 aromatic rings. The van der Waals surface area contributed by atoms with Crippen LogP contribution in [0.25, 0.3) is 0 Å². The van der Waals surface area contributed by atoms with E-state index in [9.17, 15) is 0 Å². The lowest BCUT2D eigenvalue weighted by molar-refractivity contribution is 0.707. The van der Waals surface area contributed by atoms with Gasteiger partial charge in [0.25, 0.3) is 0 Å². The lowest BCUT2D eigenvalue weighted by Crippen LogP contribution is -2.26. The van der Waals surface area contributed by atoms with Crippen LogP contribution in [-0.4, -0.2) is 23.1 Å². The molecule has 0 saturated carbocycles. The monoisotopic (exact) mass is 279 g/mol. The second-order valence-corrected chi connectivity index (χ2v) is 6.06. The van der Waals surface area contributed by atoms with Gasteiger partial charge in [-0.2, -0.15) is 0 Å². The maximum absolute atomic E-state index is 6.40. The van der Waals surface area contributed by atoms with E-state index in [0.29, 0.717) is 5.15 Å². The number of hydrogen-bond donors (Lipinski definition) is 0. The van der Waals surface area contributed by atoms with E-state index in [0.717, 1.165) is 31.9 Å². The molecule has 1 aliphatic carbocycles. The summed E-state index contributed by atoms with van der Waals surface area (Å²) in [4.78, 5) is 11.7. The second kappa shape index (κ2) is 6.08. The van der Waals surface area contributed by atoms with Crippen molar-refractivity contribution in [2.45, 2.75) is 57.8 Å². The molecular formula is C15H22ClN3. The van der Waals surface area contributed by atoms with Gasteiger partial charge in [0.15, 0.2) is 0 Å². The number of rotatable bonds is 1. The molecule has 0 aromatic carbocycles. The first-order chi connectivity index (χ1) is 9.34. The van der Waals surface area contributed by atoms with Gasteiger partial charge < -0.3 is 4.90 Å². The van der Waals surface area contributed by atoms with Crippen molar-refractivity contribution in [3.05, 3.63) is 16.4 Å². The molecule has 0 bridgehead atoms. The first kappa shape index (κ1) is 13.2. The van der Waals surface area contributed by atoms with Crippen LogP contribution in [-0.2, 0) is 12.8 Å². The highest BCUT2D eigenvalue weighted by Crippen LogP contribution is 2.27. The first-order valence-corrected chi connectivity index (χ1v) is 8.02. The van der Waals surface area contributed by atoms with Crippen LogP contribution in [0.5, 0.6) is 0 Å². The van der Waals surface area contributed by atoms with Crippen LogP contribution in [0, 0.1) is 0 Å². The minimum absolute atomic E-state index is 0.700. The van der Waals surface area contributed by atoms with Crippen LogP contribution in [0.2, 0.25) is 5.15 Å². The van der Waals surface area contributed by atoms with Gasteiger partial charge in [0.05, 0.1) is 5.69 Å². The molecule has 3 rings (SSSR count). The molecule has 19 heavy (non-hydrogen) atoms. The molecule has 1 fully saturated rings. The normalized spacial score (nSPS) is 20.6.